The fourth-order valence-electron chi connectivity index (χ4n) is 2.11. The van der Waals surface area contributed by atoms with Crippen LogP contribution in [-0.2, 0) is 9.53 Å². The number of benzene rings is 1. The molecule has 0 radical (unpaired) electrons. The van der Waals surface area contributed by atoms with Gasteiger partial charge in [-0.1, -0.05) is 11.6 Å². The van der Waals surface area contributed by atoms with E-state index in [-0.39, 0.29) is 30.7 Å². The van der Waals surface area contributed by atoms with Crippen molar-refractivity contribution < 1.29 is 14.3 Å². The van der Waals surface area contributed by atoms with Crippen LogP contribution in [0.25, 0.3) is 0 Å². The van der Waals surface area contributed by atoms with Crippen LogP contribution in [0.2, 0.25) is 5.02 Å². The molecule has 2 N–H and O–H groups in total. The number of amides is 1. The molecule has 1 aliphatic rings. The minimum Gasteiger partial charge on any atom is -0.439 e. The first-order valence-corrected chi connectivity index (χ1v) is 7.61. The molecule has 0 aliphatic carbocycles. The first-order valence-electron chi connectivity index (χ1n) is 7.23. The molecule has 1 atom stereocenters. The lowest BCUT2D eigenvalue weighted by atomic mass is 10.2. The molecule has 1 fully saturated rings. The summed E-state index contributed by atoms with van der Waals surface area (Å²) in [5.41, 5.74) is 0.681. The van der Waals surface area contributed by atoms with Crippen LogP contribution >= 0.6 is 36.4 Å². The zero-order valence-electron chi connectivity index (χ0n) is 13.1. The molecule has 9 heteroatoms. The van der Waals surface area contributed by atoms with Crippen LogP contribution in [0.15, 0.2) is 42.6 Å². The number of hydrogen-bond acceptors (Lipinski definition) is 5. The van der Waals surface area contributed by atoms with Gasteiger partial charge in [-0.15, -0.1) is 24.8 Å². The monoisotopic (exact) mass is 405 g/mol. The number of nitrogens with one attached hydrogen (secondary N) is 2. The molecule has 1 unspecified atom stereocenters. The van der Waals surface area contributed by atoms with Crippen molar-refractivity contribution in [2.75, 3.05) is 25.0 Å². The fourth-order valence-corrected chi connectivity index (χ4v) is 2.22. The smallest absolute Gasteiger partial charge is 0.254 e. The quantitative estimate of drug-likeness (QED) is 0.815. The summed E-state index contributed by atoms with van der Waals surface area (Å²) in [6.45, 7) is 1.84. The molecule has 1 aromatic carbocycles. The Bertz CT molecular complexity index is 663. The van der Waals surface area contributed by atoms with E-state index >= 15 is 0 Å². The van der Waals surface area contributed by atoms with Gasteiger partial charge < -0.3 is 20.1 Å². The number of morpholine rings is 1. The number of hydrogen-bond donors (Lipinski definition) is 2. The molecule has 0 bridgehead atoms. The van der Waals surface area contributed by atoms with E-state index in [1.54, 1.807) is 36.4 Å². The summed E-state index contributed by atoms with van der Waals surface area (Å²) in [5.74, 6) is 0.909. The number of anilines is 1. The number of ether oxygens (including phenoxy) is 2. The Labute approximate surface area is 163 Å². The molecule has 0 spiro atoms. The van der Waals surface area contributed by atoms with Crippen LogP contribution < -0.4 is 15.4 Å². The number of rotatable bonds is 4. The summed E-state index contributed by atoms with van der Waals surface area (Å²) >= 11 is 5.77. The van der Waals surface area contributed by atoms with Crippen molar-refractivity contribution >= 4 is 48.0 Å². The lowest BCUT2D eigenvalue weighted by Gasteiger charge is -2.22. The third-order valence-corrected chi connectivity index (χ3v) is 3.49. The number of halogens is 3. The summed E-state index contributed by atoms with van der Waals surface area (Å²) in [6, 6.07) is 10.4. The first-order chi connectivity index (χ1) is 11.2. The minimum atomic E-state index is -0.460. The maximum atomic E-state index is 12.0. The average Bonchev–Trinajstić information content (AvgIpc) is 2.59. The zero-order chi connectivity index (χ0) is 16.1. The van der Waals surface area contributed by atoms with Crippen molar-refractivity contribution in [2.45, 2.75) is 6.10 Å². The van der Waals surface area contributed by atoms with Gasteiger partial charge in [0, 0.05) is 31.0 Å². The van der Waals surface area contributed by atoms with E-state index in [9.17, 15) is 4.79 Å². The second kappa shape index (κ2) is 10.4. The van der Waals surface area contributed by atoms with Gasteiger partial charge in [-0.25, -0.2) is 4.98 Å². The highest BCUT2D eigenvalue weighted by Crippen LogP contribution is 2.22. The summed E-state index contributed by atoms with van der Waals surface area (Å²) in [5, 5.41) is 6.49. The molecule has 1 aliphatic heterocycles. The summed E-state index contributed by atoms with van der Waals surface area (Å²) in [6.07, 6.45) is 1.06. The lowest BCUT2D eigenvalue weighted by molar-refractivity contribution is -0.128. The fraction of sp³-hybridized carbons (Fsp3) is 0.250. The number of carbonyl (C=O) groups is 1. The standard InChI is InChI=1S/C16H16ClN3O3.2ClH/c17-11-1-6-15(19-9-11)23-13-4-2-12(3-5-13)20-16(21)14-10-18-7-8-22-14;;/h1-6,9,14,18H,7-8,10H2,(H,20,21);2*1H. The van der Waals surface area contributed by atoms with Gasteiger partial charge in [-0.2, -0.15) is 0 Å². The predicted molar refractivity (Wildman–Crippen MR) is 101 cm³/mol. The molecule has 136 valence electrons. The van der Waals surface area contributed by atoms with Gasteiger partial charge in [-0.05, 0) is 30.3 Å². The summed E-state index contributed by atoms with van der Waals surface area (Å²) < 4.78 is 11.0. The normalized spacial score (nSPS) is 16.1. The van der Waals surface area contributed by atoms with Crippen LogP contribution in [0.3, 0.4) is 0 Å². The Morgan fingerprint density at radius 3 is 2.60 bits per heavy atom. The minimum absolute atomic E-state index is 0. The Kier molecular flexibility index (Phi) is 8.96. The lowest BCUT2D eigenvalue weighted by Crippen LogP contribution is -2.45. The van der Waals surface area contributed by atoms with E-state index in [0.717, 1.165) is 6.54 Å². The van der Waals surface area contributed by atoms with Gasteiger partial charge >= 0.3 is 0 Å². The van der Waals surface area contributed by atoms with E-state index in [1.807, 2.05) is 0 Å². The molecule has 2 aromatic rings. The van der Waals surface area contributed by atoms with Crippen molar-refractivity contribution in [1.82, 2.24) is 10.3 Å². The molecular formula is C16H18Cl3N3O3. The van der Waals surface area contributed by atoms with Gasteiger partial charge in [0.15, 0.2) is 0 Å². The zero-order valence-corrected chi connectivity index (χ0v) is 15.5. The third kappa shape index (κ3) is 6.34. The number of nitrogens with zero attached hydrogens (tertiary/aromatic N) is 1. The number of carbonyl (C=O) groups excluding carboxylic acids is 1. The van der Waals surface area contributed by atoms with Crippen LogP contribution in [0.4, 0.5) is 5.69 Å². The van der Waals surface area contributed by atoms with Crippen molar-refractivity contribution in [3.05, 3.63) is 47.6 Å². The highest BCUT2D eigenvalue weighted by atomic mass is 35.5. The van der Waals surface area contributed by atoms with Crippen molar-refractivity contribution in [3.8, 4) is 11.6 Å². The SMILES string of the molecule is Cl.Cl.O=C(Nc1ccc(Oc2ccc(Cl)cn2)cc1)C1CNCCO1. The molecule has 1 saturated heterocycles. The number of aromatic nitrogens is 1. The Hall–Kier alpha value is -1.57. The van der Waals surface area contributed by atoms with E-state index in [2.05, 4.69) is 15.6 Å². The third-order valence-electron chi connectivity index (χ3n) is 3.26. The molecule has 25 heavy (non-hydrogen) atoms. The molecule has 3 rings (SSSR count). The second-order valence-corrected chi connectivity index (χ2v) is 5.43. The van der Waals surface area contributed by atoms with Crippen molar-refractivity contribution in [2.24, 2.45) is 0 Å². The Morgan fingerprint density at radius 2 is 2.00 bits per heavy atom. The molecule has 0 saturated carbocycles. The topological polar surface area (TPSA) is 72.5 Å². The predicted octanol–water partition coefficient (Wildman–Crippen LogP) is 3.30. The van der Waals surface area contributed by atoms with E-state index in [0.29, 0.717) is 35.5 Å². The van der Waals surface area contributed by atoms with E-state index < -0.39 is 6.10 Å². The molecular weight excluding hydrogens is 389 g/mol. The molecule has 1 aromatic heterocycles. The molecule has 1 amide bonds. The Morgan fingerprint density at radius 1 is 1.24 bits per heavy atom. The summed E-state index contributed by atoms with van der Waals surface area (Å²) in [7, 11) is 0. The van der Waals surface area contributed by atoms with E-state index in [4.69, 9.17) is 21.1 Å². The van der Waals surface area contributed by atoms with Crippen LogP contribution in [0.5, 0.6) is 11.6 Å². The second-order valence-electron chi connectivity index (χ2n) is 4.99. The maximum Gasteiger partial charge on any atom is 0.254 e. The van der Waals surface area contributed by atoms with Crippen molar-refractivity contribution in [1.29, 1.82) is 0 Å². The largest absolute Gasteiger partial charge is 0.439 e. The van der Waals surface area contributed by atoms with E-state index in [1.165, 1.54) is 6.20 Å². The Balaban J connectivity index is 0.00000156. The highest BCUT2D eigenvalue weighted by molar-refractivity contribution is 6.30. The first kappa shape index (κ1) is 21.5. The van der Waals surface area contributed by atoms with Crippen molar-refractivity contribution in [3.63, 3.8) is 0 Å². The maximum absolute atomic E-state index is 12.0. The highest BCUT2D eigenvalue weighted by Gasteiger charge is 2.21. The van der Waals surface area contributed by atoms with Gasteiger partial charge in [-0.3, -0.25) is 4.79 Å². The van der Waals surface area contributed by atoms with Gasteiger partial charge in [0.1, 0.15) is 11.9 Å². The van der Waals surface area contributed by atoms with Gasteiger partial charge in [0.05, 0.1) is 11.6 Å². The van der Waals surface area contributed by atoms with Crippen LogP contribution in [0.1, 0.15) is 0 Å². The number of pyridine rings is 1. The van der Waals surface area contributed by atoms with Crippen LogP contribution in [-0.4, -0.2) is 36.7 Å². The molecule has 2 heterocycles. The average molecular weight is 407 g/mol. The van der Waals surface area contributed by atoms with Gasteiger partial charge in [0.25, 0.3) is 5.91 Å². The van der Waals surface area contributed by atoms with Crippen LogP contribution in [0, 0.1) is 0 Å². The summed E-state index contributed by atoms with van der Waals surface area (Å²) in [4.78, 5) is 16.1. The molecule has 6 nitrogen and oxygen atoms in total. The van der Waals surface area contributed by atoms with Gasteiger partial charge in [0.2, 0.25) is 5.88 Å².